The van der Waals surface area contributed by atoms with Gasteiger partial charge in [-0.15, -0.1) is 0 Å². The van der Waals surface area contributed by atoms with Gasteiger partial charge in [-0.1, -0.05) is 42.5 Å². The zero-order chi connectivity index (χ0) is 21.8. The number of hydrogen-bond acceptors (Lipinski definition) is 2. The Labute approximate surface area is 179 Å². The van der Waals surface area contributed by atoms with Crippen molar-refractivity contribution in [3.8, 4) is 0 Å². The quantitative estimate of drug-likeness (QED) is 0.641. The van der Waals surface area contributed by atoms with E-state index in [9.17, 15) is 18.4 Å². The molecule has 0 bridgehead atoms. The fourth-order valence-corrected chi connectivity index (χ4v) is 3.95. The molecule has 3 aromatic carbocycles. The lowest BCUT2D eigenvalue weighted by Gasteiger charge is -2.30. The van der Waals surface area contributed by atoms with Crippen LogP contribution in [0.2, 0.25) is 0 Å². The monoisotopic (exact) mass is 420 g/mol. The van der Waals surface area contributed by atoms with E-state index in [2.05, 4.69) is 5.32 Å². The van der Waals surface area contributed by atoms with Crippen LogP contribution in [-0.2, 0) is 16.0 Å². The second kappa shape index (κ2) is 9.08. The third kappa shape index (κ3) is 4.79. The molecule has 3 aromatic rings. The number of anilines is 1. The van der Waals surface area contributed by atoms with E-state index in [-0.39, 0.29) is 24.8 Å². The molecule has 0 saturated heterocycles. The van der Waals surface area contributed by atoms with Gasteiger partial charge < -0.3 is 10.2 Å². The number of aryl methyl sites for hydroxylation is 1. The SMILES string of the molecule is O=C1CN(C(=O)CCCc2ccccc2)[C@@H](c2ccc(F)cc2)c2cc(F)ccc2N1. The van der Waals surface area contributed by atoms with Gasteiger partial charge in [-0.25, -0.2) is 8.78 Å². The maximum atomic E-state index is 14.1. The van der Waals surface area contributed by atoms with Crippen LogP contribution >= 0.6 is 0 Å². The first-order valence-electron chi connectivity index (χ1n) is 10.2. The summed E-state index contributed by atoms with van der Waals surface area (Å²) in [6.07, 6.45) is 1.59. The van der Waals surface area contributed by atoms with Crippen molar-refractivity contribution in [1.29, 1.82) is 0 Å². The number of benzene rings is 3. The van der Waals surface area contributed by atoms with E-state index in [1.807, 2.05) is 30.3 Å². The Morgan fingerprint density at radius 2 is 1.68 bits per heavy atom. The van der Waals surface area contributed by atoms with Gasteiger partial charge in [0.25, 0.3) is 0 Å². The summed E-state index contributed by atoms with van der Waals surface area (Å²) in [5.74, 6) is -1.45. The van der Waals surface area contributed by atoms with Crippen LogP contribution in [0.25, 0.3) is 0 Å². The summed E-state index contributed by atoms with van der Waals surface area (Å²) in [4.78, 5) is 27.2. The van der Waals surface area contributed by atoms with Gasteiger partial charge in [-0.05, 0) is 54.3 Å². The van der Waals surface area contributed by atoms with Gasteiger partial charge in [-0.3, -0.25) is 9.59 Å². The Kier molecular flexibility index (Phi) is 6.07. The number of halogens is 2. The van der Waals surface area contributed by atoms with Crippen molar-refractivity contribution in [3.05, 3.63) is 101 Å². The fraction of sp³-hybridized carbons (Fsp3) is 0.200. The first-order chi connectivity index (χ1) is 15.0. The summed E-state index contributed by atoms with van der Waals surface area (Å²) in [6.45, 7) is -0.164. The molecule has 158 valence electrons. The zero-order valence-electron chi connectivity index (χ0n) is 16.9. The molecule has 4 rings (SSSR count). The molecular weight excluding hydrogens is 398 g/mol. The zero-order valence-corrected chi connectivity index (χ0v) is 16.9. The molecule has 0 spiro atoms. The second-order valence-electron chi connectivity index (χ2n) is 7.59. The largest absolute Gasteiger partial charge is 0.324 e. The highest BCUT2D eigenvalue weighted by molar-refractivity contribution is 5.97. The van der Waals surface area contributed by atoms with Crippen LogP contribution in [-0.4, -0.2) is 23.3 Å². The van der Waals surface area contributed by atoms with Crippen LogP contribution < -0.4 is 5.32 Å². The van der Waals surface area contributed by atoms with E-state index in [0.29, 0.717) is 23.2 Å². The molecule has 1 atom stereocenters. The highest BCUT2D eigenvalue weighted by atomic mass is 19.1. The van der Waals surface area contributed by atoms with E-state index in [1.54, 1.807) is 12.1 Å². The molecule has 6 heteroatoms. The molecule has 1 aliphatic heterocycles. The van der Waals surface area contributed by atoms with E-state index >= 15 is 0 Å². The smallest absolute Gasteiger partial charge is 0.244 e. The predicted molar refractivity (Wildman–Crippen MR) is 114 cm³/mol. The minimum absolute atomic E-state index is 0.164. The van der Waals surface area contributed by atoms with Crippen molar-refractivity contribution >= 4 is 17.5 Å². The van der Waals surface area contributed by atoms with E-state index < -0.39 is 17.7 Å². The Bertz CT molecular complexity index is 1080. The lowest BCUT2D eigenvalue weighted by molar-refractivity contribution is -0.136. The summed E-state index contributed by atoms with van der Waals surface area (Å²) in [5, 5.41) is 2.75. The molecule has 0 saturated carbocycles. The van der Waals surface area contributed by atoms with Gasteiger partial charge in [-0.2, -0.15) is 0 Å². The maximum absolute atomic E-state index is 14.1. The Hall–Kier alpha value is -3.54. The average molecular weight is 420 g/mol. The molecular formula is C25H22F2N2O2. The number of nitrogens with zero attached hydrogens (tertiary/aromatic N) is 1. The van der Waals surface area contributed by atoms with Gasteiger partial charge in [0.05, 0.1) is 6.04 Å². The number of rotatable bonds is 5. The molecule has 2 amide bonds. The fourth-order valence-electron chi connectivity index (χ4n) is 3.95. The van der Waals surface area contributed by atoms with E-state index in [4.69, 9.17) is 0 Å². The van der Waals surface area contributed by atoms with E-state index in [1.165, 1.54) is 35.2 Å². The minimum atomic E-state index is -0.700. The first kappa shape index (κ1) is 20.7. The van der Waals surface area contributed by atoms with Crippen molar-refractivity contribution in [1.82, 2.24) is 4.90 Å². The molecule has 1 aliphatic rings. The lowest BCUT2D eigenvalue weighted by atomic mass is 9.95. The molecule has 31 heavy (non-hydrogen) atoms. The summed E-state index contributed by atoms with van der Waals surface area (Å²) < 4.78 is 27.7. The minimum Gasteiger partial charge on any atom is -0.324 e. The summed E-state index contributed by atoms with van der Waals surface area (Å²) in [5.41, 5.74) is 2.65. The third-order valence-corrected chi connectivity index (χ3v) is 5.41. The molecule has 1 heterocycles. The molecule has 0 fully saturated rings. The van der Waals surface area contributed by atoms with Gasteiger partial charge >= 0.3 is 0 Å². The van der Waals surface area contributed by atoms with Gasteiger partial charge in [0.15, 0.2) is 0 Å². The van der Waals surface area contributed by atoms with Crippen LogP contribution in [0.1, 0.15) is 35.6 Å². The van der Waals surface area contributed by atoms with Gasteiger partial charge in [0, 0.05) is 17.7 Å². The molecule has 0 aliphatic carbocycles. The number of nitrogens with one attached hydrogen (secondary N) is 1. The second-order valence-corrected chi connectivity index (χ2v) is 7.59. The van der Waals surface area contributed by atoms with Crippen LogP contribution in [0, 0.1) is 11.6 Å². The number of amides is 2. The van der Waals surface area contributed by atoms with Crippen LogP contribution in [0.5, 0.6) is 0 Å². The van der Waals surface area contributed by atoms with Gasteiger partial charge in [0.1, 0.15) is 18.2 Å². The third-order valence-electron chi connectivity index (χ3n) is 5.41. The normalized spacial score (nSPS) is 15.7. The standard InChI is InChI=1S/C25H22F2N2O2/c26-19-11-9-18(10-12-19)25-21-15-20(27)13-14-22(21)28-23(30)16-29(25)24(31)8-4-7-17-5-2-1-3-6-17/h1-3,5-6,9-15,25H,4,7-8,16H2,(H,28,30)/t25-/m0/s1. The predicted octanol–water partition coefficient (Wildman–Crippen LogP) is 4.86. The van der Waals surface area contributed by atoms with Crippen LogP contribution in [0.3, 0.4) is 0 Å². The number of carbonyl (C=O) groups excluding carboxylic acids is 2. The molecule has 0 unspecified atom stereocenters. The topological polar surface area (TPSA) is 49.4 Å². The van der Waals surface area contributed by atoms with Crippen LogP contribution in [0.15, 0.2) is 72.8 Å². The molecule has 0 aromatic heterocycles. The Balaban J connectivity index is 1.65. The highest BCUT2D eigenvalue weighted by Crippen LogP contribution is 2.36. The van der Waals surface area contributed by atoms with Crippen molar-refractivity contribution in [3.63, 3.8) is 0 Å². The van der Waals surface area contributed by atoms with E-state index in [0.717, 1.165) is 12.0 Å². The van der Waals surface area contributed by atoms with Crippen molar-refractivity contribution < 1.29 is 18.4 Å². The summed E-state index contributed by atoms with van der Waals surface area (Å²) >= 11 is 0. The van der Waals surface area contributed by atoms with Crippen LogP contribution in [0.4, 0.5) is 14.5 Å². The maximum Gasteiger partial charge on any atom is 0.244 e. The van der Waals surface area contributed by atoms with Gasteiger partial charge in [0.2, 0.25) is 11.8 Å². The number of fused-ring (bicyclic) bond motifs is 1. The molecule has 0 radical (unpaired) electrons. The molecule has 4 nitrogen and oxygen atoms in total. The lowest BCUT2D eigenvalue weighted by Crippen LogP contribution is -2.38. The Morgan fingerprint density at radius 1 is 0.968 bits per heavy atom. The summed E-state index contributed by atoms with van der Waals surface area (Å²) in [7, 11) is 0. The summed E-state index contributed by atoms with van der Waals surface area (Å²) in [6, 6.07) is 18.9. The molecule has 1 N–H and O–H groups in total. The van der Waals surface area contributed by atoms with Crippen molar-refractivity contribution in [2.24, 2.45) is 0 Å². The first-order valence-corrected chi connectivity index (χ1v) is 10.2. The average Bonchev–Trinajstić information content (AvgIpc) is 2.91. The Morgan fingerprint density at radius 3 is 2.42 bits per heavy atom. The number of carbonyl (C=O) groups is 2. The van der Waals surface area contributed by atoms with Crippen molar-refractivity contribution in [2.75, 3.05) is 11.9 Å². The highest BCUT2D eigenvalue weighted by Gasteiger charge is 2.33. The number of hydrogen-bond donors (Lipinski definition) is 1. The van der Waals surface area contributed by atoms with Crippen molar-refractivity contribution in [2.45, 2.75) is 25.3 Å².